The first kappa shape index (κ1) is 12.6. The lowest BCUT2D eigenvalue weighted by Crippen LogP contribution is -2.33. The van der Waals surface area contributed by atoms with E-state index < -0.39 is 0 Å². The summed E-state index contributed by atoms with van der Waals surface area (Å²) in [7, 11) is 1.92. The summed E-state index contributed by atoms with van der Waals surface area (Å²) in [5.41, 5.74) is 1.22. The van der Waals surface area contributed by atoms with Crippen LogP contribution in [0, 0.1) is 0 Å². The lowest BCUT2D eigenvalue weighted by Gasteiger charge is -2.25. The minimum absolute atomic E-state index is 0.108. The van der Waals surface area contributed by atoms with Crippen LogP contribution in [0.1, 0.15) is 25.5 Å². The van der Waals surface area contributed by atoms with Crippen LogP contribution in [0.3, 0.4) is 0 Å². The van der Waals surface area contributed by atoms with E-state index in [1.165, 1.54) is 5.56 Å². The first-order valence-electron chi connectivity index (χ1n) is 5.26. The van der Waals surface area contributed by atoms with Gasteiger partial charge in [-0.3, -0.25) is 0 Å². The summed E-state index contributed by atoms with van der Waals surface area (Å²) in [6, 6.07) is 2.20. The topological polar surface area (TPSA) is 30.5 Å². The van der Waals surface area contributed by atoms with Crippen molar-refractivity contribution in [2.45, 2.75) is 26.2 Å². The smallest absolute Gasteiger partial charge is 0.176 e. The number of nitrogens with one attached hydrogen (secondary N) is 1. The predicted molar refractivity (Wildman–Crippen MR) is 63.2 cm³/mol. The molecule has 0 aliphatic carbocycles. The highest BCUT2D eigenvalue weighted by atomic mass is 32.1. The van der Waals surface area contributed by atoms with Gasteiger partial charge in [-0.05, 0) is 43.3 Å². The molecule has 1 unspecified atom stereocenters. The molecule has 0 saturated heterocycles. The molecule has 4 heteroatoms. The van der Waals surface area contributed by atoms with Gasteiger partial charge in [0.05, 0.1) is 6.04 Å². The summed E-state index contributed by atoms with van der Waals surface area (Å²) in [6.07, 6.45) is -0.209. The van der Waals surface area contributed by atoms with Gasteiger partial charge in [0.1, 0.15) is 0 Å². The molecular formula is C11H19NO2S. The second-order valence-corrected chi connectivity index (χ2v) is 3.88. The average Bonchev–Trinajstić information content (AvgIpc) is 2.73. The molecule has 1 aromatic rings. The second kappa shape index (κ2) is 6.95. The minimum Gasteiger partial charge on any atom is -0.351 e. The molecule has 0 aliphatic rings. The molecule has 86 valence electrons. The van der Waals surface area contributed by atoms with Crippen LogP contribution in [0.2, 0.25) is 0 Å². The van der Waals surface area contributed by atoms with Gasteiger partial charge in [0.2, 0.25) is 0 Å². The van der Waals surface area contributed by atoms with Crippen molar-refractivity contribution >= 4 is 11.3 Å². The van der Waals surface area contributed by atoms with Crippen molar-refractivity contribution in [2.75, 3.05) is 20.3 Å². The standard InChI is InChI=1S/C11H19NO2S/c1-4-13-11(14-5-2)10(12-3)9-6-7-15-8-9/h6-8,10-12H,4-5H2,1-3H3. The SMILES string of the molecule is CCOC(OCC)C(NC)c1ccsc1. The summed E-state index contributed by atoms with van der Waals surface area (Å²) in [5.74, 6) is 0. The lowest BCUT2D eigenvalue weighted by atomic mass is 10.1. The molecule has 0 aliphatic heterocycles. The number of ether oxygens (including phenoxy) is 2. The summed E-state index contributed by atoms with van der Waals surface area (Å²) in [6.45, 7) is 5.28. The Morgan fingerprint density at radius 1 is 1.33 bits per heavy atom. The summed E-state index contributed by atoms with van der Waals surface area (Å²) < 4.78 is 11.2. The van der Waals surface area contributed by atoms with Crippen molar-refractivity contribution in [1.82, 2.24) is 5.32 Å². The molecule has 0 radical (unpaired) electrons. The molecule has 0 saturated carbocycles. The molecule has 0 bridgehead atoms. The number of hydrogen-bond acceptors (Lipinski definition) is 4. The van der Waals surface area contributed by atoms with E-state index >= 15 is 0 Å². The number of rotatable bonds is 7. The third-order valence-corrected chi connectivity index (χ3v) is 2.85. The van der Waals surface area contributed by atoms with Gasteiger partial charge in [0.25, 0.3) is 0 Å². The predicted octanol–water partition coefficient (Wildman–Crippen LogP) is 2.41. The van der Waals surface area contributed by atoms with E-state index in [4.69, 9.17) is 9.47 Å². The third-order valence-electron chi connectivity index (χ3n) is 2.15. The van der Waals surface area contributed by atoms with Crippen molar-refractivity contribution in [3.8, 4) is 0 Å². The first-order valence-corrected chi connectivity index (χ1v) is 6.20. The molecule has 0 amide bonds. The molecule has 1 atom stereocenters. The molecule has 1 heterocycles. The van der Waals surface area contributed by atoms with Crippen molar-refractivity contribution in [1.29, 1.82) is 0 Å². The highest BCUT2D eigenvalue weighted by Crippen LogP contribution is 2.22. The van der Waals surface area contributed by atoms with E-state index in [1.807, 2.05) is 20.9 Å². The fourth-order valence-corrected chi connectivity index (χ4v) is 2.18. The van der Waals surface area contributed by atoms with Crippen molar-refractivity contribution < 1.29 is 9.47 Å². The van der Waals surface area contributed by atoms with Crippen LogP contribution in [-0.2, 0) is 9.47 Å². The maximum absolute atomic E-state index is 5.58. The van der Waals surface area contributed by atoms with Crippen LogP contribution in [0.25, 0.3) is 0 Å². The number of likely N-dealkylation sites (N-methyl/N-ethyl adjacent to an activating group) is 1. The van der Waals surface area contributed by atoms with Gasteiger partial charge in [-0.25, -0.2) is 0 Å². The van der Waals surface area contributed by atoms with Gasteiger partial charge in [-0.15, -0.1) is 0 Å². The fraction of sp³-hybridized carbons (Fsp3) is 0.636. The Labute approximate surface area is 95.4 Å². The van der Waals surface area contributed by atoms with Crippen molar-refractivity contribution in [3.63, 3.8) is 0 Å². The van der Waals surface area contributed by atoms with Crippen LogP contribution in [0.15, 0.2) is 16.8 Å². The first-order chi connectivity index (χ1) is 7.33. The summed E-state index contributed by atoms with van der Waals surface area (Å²) in [4.78, 5) is 0. The molecule has 1 aromatic heterocycles. The van der Waals surface area contributed by atoms with Gasteiger partial charge in [-0.1, -0.05) is 0 Å². The Kier molecular flexibility index (Phi) is 5.86. The molecule has 3 nitrogen and oxygen atoms in total. The molecule has 1 rings (SSSR count). The zero-order chi connectivity index (χ0) is 11.1. The van der Waals surface area contributed by atoms with Crippen molar-refractivity contribution in [3.05, 3.63) is 22.4 Å². The highest BCUT2D eigenvalue weighted by molar-refractivity contribution is 7.07. The monoisotopic (exact) mass is 229 g/mol. The largest absolute Gasteiger partial charge is 0.351 e. The molecular weight excluding hydrogens is 210 g/mol. The zero-order valence-electron chi connectivity index (χ0n) is 9.53. The van der Waals surface area contributed by atoms with Crippen LogP contribution >= 0.6 is 11.3 Å². The molecule has 0 aromatic carbocycles. The maximum atomic E-state index is 5.58. The van der Waals surface area contributed by atoms with Crippen LogP contribution in [0.4, 0.5) is 0 Å². The van der Waals surface area contributed by atoms with Gasteiger partial charge >= 0.3 is 0 Å². The summed E-state index contributed by atoms with van der Waals surface area (Å²) in [5, 5.41) is 7.41. The highest BCUT2D eigenvalue weighted by Gasteiger charge is 2.22. The summed E-state index contributed by atoms with van der Waals surface area (Å²) >= 11 is 1.69. The molecule has 1 N–H and O–H groups in total. The quantitative estimate of drug-likeness (QED) is 0.728. The van der Waals surface area contributed by atoms with E-state index in [-0.39, 0.29) is 12.3 Å². The number of hydrogen-bond donors (Lipinski definition) is 1. The Balaban J connectivity index is 2.69. The molecule has 15 heavy (non-hydrogen) atoms. The van der Waals surface area contributed by atoms with E-state index in [1.54, 1.807) is 11.3 Å². The van der Waals surface area contributed by atoms with E-state index in [0.717, 1.165) is 0 Å². The van der Waals surface area contributed by atoms with Crippen LogP contribution in [-0.4, -0.2) is 26.6 Å². The molecule has 0 fully saturated rings. The average molecular weight is 229 g/mol. The number of thiophene rings is 1. The van der Waals surface area contributed by atoms with Crippen LogP contribution < -0.4 is 5.32 Å². The van der Waals surface area contributed by atoms with Gasteiger partial charge in [0, 0.05) is 13.2 Å². The van der Waals surface area contributed by atoms with E-state index in [9.17, 15) is 0 Å². The molecule has 0 spiro atoms. The Morgan fingerprint density at radius 3 is 2.40 bits per heavy atom. The lowest BCUT2D eigenvalue weighted by molar-refractivity contribution is -0.154. The Hall–Kier alpha value is -0.420. The van der Waals surface area contributed by atoms with Crippen LogP contribution in [0.5, 0.6) is 0 Å². The Morgan fingerprint density at radius 2 is 2.00 bits per heavy atom. The maximum Gasteiger partial charge on any atom is 0.176 e. The van der Waals surface area contributed by atoms with Crippen molar-refractivity contribution in [2.24, 2.45) is 0 Å². The van der Waals surface area contributed by atoms with E-state index in [0.29, 0.717) is 13.2 Å². The van der Waals surface area contributed by atoms with E-state index in [2.05, 4.69) is 22.1 Å². The normalized spacial score (nSPS) is 13.3. The third kappa shape index (κ3) is 3.57. The van der Waals surface area contributed by atoms with Gasteiger partial charge < -0.3 is 14.8 Å². The second-order valence-electron chi connectivity index (χ2n) is 3.10. The fourth-order valence-electron chi connectivity index (χ4n) is 1.48. The zero-order valence-corrected chi connectivity index (χ0v) is 10.3. The minimum atomic E-state index is -0.209. The Bertz CT molecular complexity index is 245. The van der Waals surface area contributed by atoms with Gasteiger partial charge in [0.15, 0.2) is 6.29 Å². The van der Waals surface area contributed by atoms with Gasteiger partial charge in [-0.2, -0.15) is 11.3 Å².